The first kappa shape index (κ1) is 34.0. The number of anilines is 1. The highest BCUT2D eigenvalue weighted by molar-refractivity contribution is 7.92. The summed E-state index contributed by atoms with van der Waals surface area (Å²) in [7, 11) is -4.20. The van der Waals surface area contributed by atoms with Crippen LogP contribution >= 0.6 is 23.2 Å². The Morgan fingerprint density at radius 2 is 1.36 bits per heavy atom. The number of rotatable bonds is 12. The van der Waals surface area contributed by atoms with Crippen LogP contribution in [0.2, 0.25) is 10.0 Å². The minimum Gasteiger partial charge on any atom is -0.352 e. The summed E-state index contributed by atoms with van der Waals surface area (Å²) < 4.78 is 29.4. The molecule has 0 spiro atoms. The van der Waals surface area contributed by atoms with E-state index < -0.39 is 28.5 Å². The van der Waals surface area contributed by atoms with E-state index in [1.54, 1.807) is 48.5 Å². The average molecular weight is 667 g/mol. The number of carbonyl (C=O) groups excluding carboxylic acids is 2. The van der Waals surface area contributed by atoms with Crippen LogP contribution < -0.4 is 9.62 Å². The van der Waals surface area contributed by atoms with Crippen molar-refractivity contribution in [3.8, 4) is 0 Å². The molecule has 0 aliphatic carbocycles. The summed E-state index contributed by atoms with van der Waals surface area (Å²) in [5, 5.41) is 3.59. The topological polar surface area (TPSA) is 86.8 Å². The first-order valence-corrected chi connectivity index (χ1v) is 16.8. The molecule has 0 fully saturated rings. The van der Waals surface area contributed by atoms with Crippen molar-refractivity contribution in [1.82, 2.24) is 10.2 Å². The fourth-order valence-corrected chi connectivity index (χ4v) is 7.07. The third kappa shape index (κ3) is 8.66. The zero-order valence-corrected chi connectivity index (χ0v) is 28.0. The third-order valence-electron chi connectivity index (χ3n) is 7.20. The van der Waals surface area contributed by atoms with Crippen molar-refractivity contribution in [2.24, 2.45) is 0 Å². The van der Waals surface area contributed by atoms with E-state index in [0.29, 0.717) is 21.3 Å². The molecule has 0 aliphatic heterocycles. The molecule has 0 saturated heterocycles. The minimum atomic E-state index is -4.20. The normalized spacial score (nSPS) is 12.1. The first-order valence-electron chi connectivity index (χ1n) is 14.6. The Morgan fingerprint density at radius 3 is 1.91 bits per heavy atom. The number of carbonyl (C=O) groups is 2. The first-order chi connectivity index (χ1) is 21.4. The van der Waals surface area contributed by atoms with Gasteiger partial charge in [-0.2, -0.15) is 0 Å². The van der Waals surface area contributed by atoms with Crippen molar-refractivity contribution in [3.05, 3.63) is 129 Å². The van der Waals surface area contributed by atoms with Crippen LogP contribution in [0.3, 0.4) is 0 Å². The molecule has 4 rings (SSSR count). The predicted octanol–water partition coefficient (Wildman–Crippen LogP) is 6.97. The Balaban J connectivity index is 1.86. The van der Waals surface area contributed by atoms with E-state index in [1.165, 1.54) is 17.0 Å². The van der Waals surface area contributed by atoms with Crippen LogP contribution in [-0.4, -0.2) is 43.8 Å². The molecule has 2 amide bonds. The second kappa shape index (κ2) is 15.0. The molecule has 45 heavy (non-hydrogen) atoms. The van der Waals surface area contributed by atoms with Gasteiger partial charge in [0, 0.05) is 34.6 Å². The average Bonchev–Trinajstić information content (AvgIpc) is 2.99. The van der Waals surface area contributed by atoms with Gasteiger partial charge in [-0.1, -0.05) is 83.9 Å². The molecular formula is C35H37Cl2N3O4S. The monoisotopic (exact) mass is 665 g/mol. The molecule has 1 atom stereocenters. The second-order valence-corrected chi connectivity index (χ2v) is 13.9. The van der Waals surface area contributed by atoms with Crippen molar-refractivity contribution in [2.75, 3.05) is 10.8 Å². The van der Waals surface area contributed by atoms with E-state index in [1.807, 2.05) is 64.1 Å². The molecule has 0 aliphatic rings. The number of hydrogen-bond acceptors (Lipinski definition) is 4. The number of amides is 2. The van der Waals surface area contributed by atoms with Crippen LogP contribution in [0.5, 0.6) is 0 Å². The molecular weight excluding hydrogens is 629 g/mol. The van der Waals surface area contributed by atoms with E-state index in [2.05, 4.69) is 5.32 Å². The molecule has 0 bridgehead atoms. The Labute approximate surface area is 275 Å². The number of nitrogens with zero attached hydrogens (tertiary/aromatic N) is 2. The number of sulfonamides is 1. The minimum absolute atomic E-state index is 0.0380. The van der Waals surface area contributed by atoms with Gasteiger partial charge in [0.05, 0.1) is 10.6 Å². The molecule has 0 radical (unpaired) electrons. The molecule has 1 N–H and O–H groups in total. The summed E-state index contributed by atoms with van der Waals surface area (Å²) in [6.45, 7) is 6.72. The van der Waals surface area contributed by atoms with Crippen molar-refractivity contribution in [1.29, 1.82) is 0 Å². The summed E-state index contributed by atoms with van der Waals surface area (Å²) in [5.74, 6) is -0.973. The molecule has 4 aromatic rings. The van der Waals surface area contributed by atoms with Crippen LogP contribution in [0.4, 0.5) is 5.69 Å². The Bertz CT molecular complexity index is 1710. The Morgan fingerprint density at radius 1 is 0.800 bits per heavy atom. The van der Waals surface area contributed by atoms with Crippen LogP contribution in [-0.2, 0) is 32.6 Å². The van der Waals surface area contributed by atoms with Gasteiger partial charge in [0.2, 0.25) is 11.8 Å². The predicted molar refractivity (Wildman–Crippen MR) is 181 cm³/mol. The molecule has 236 valence electrons. The van der Waals surface area contributed by atoms with Gasteiger partial charge in [-0.3, -0.25) is 13.9 Å². The molecule has 0 heterocycles. The van der Waals surface area contributed by atoms with Crippen LogP contribution in [0.15, 0.2) is 102 Å². The number of halogens is 2. The third-order valence-corrected chi connectivity index (χ3v) is 9.69. The van der Waals surface area contributed by atoms with Crippen molar-refractivity contribution in [2.45, 2.75) is 57.6 Å². The summed E-state index contributed by atoms with van der Waals surface area (Å²) >= 11 is 13.1. The molecule has 0 saturated carbocycles. The van der Waals surface area contributed by atoms with Gasteiger partial charge in [-0.25, -0.2) is 8.42 Å². The fourth-order valence-electron chi connectivity index (χ4n) is 5.13. The smallest absolute Gasteiger partial charge is 0.264 e. The summed E-state index contributed by atoms with van der Waals surface area (Å²) in [6.07, 6.45) is 0.183. The van der Waals surface area contributed by atoms with Crippen molar-refractivity contribution < 1.29 is 18.0 Å². The maximum absolute atomic E-state index is 14.6. The lowest BCUT2D eigenvalue weighted by molar-refractivity contribution is -0.140. The maximum Gasteiger partial charge on any atom is 0.264 e. The number of hydrogen-bond donors (Lipinski definition) is 1. The lowest BCUT2D eigenvalue weighted by Crippen LogP contribution is -2.54. The summed E-state index contributed by atoms with van der Waals surface area (Å²) in [5.41, 5.74) is 3.29. The van der Waals surface area contributed by atoms with Crippen LogP contribution in [0.25, 0.3) is 0 Å². The van der Waals surface area contributed by atoms with Gasteiger partial charge >= 0.3 is 0 Å². The molecule has 0 aromatic heterocycles. The largest absolute Gasteiger partial charge is 0.352 e. The fraction of sp³-hybridized carbons (Fsp3) is 0.257. The van der Waals surface area contributed by atoms with E-state index in [9.17, 15) is 18.0 Å². The highest BCUT2D eigenvalue weighted by Gasteiger charge is 2.35. The molecule has 0 unspecified atom stereocenters. The lowest BCUT2D eigenvalue weighted by atomic mass is 10.0. The van der Waals surface area contributed by atoms with E-state index in [0.717, 1.165) is 21.0 Å². The highest BCUT2D eigenvalue weighted by atomic mass is 35.5. The van der Waals surface area contributed by atoms with Crippen LogP contribution in [0, 0.1) is 13.8 Å². The summed E-state index contributed by atoms with van der Waals surface area (Å²) in [6, 6.07) is 26.5. The van der Waals surface area contributed by atoms with Gasteiger partial charge in [0.25, 0.3) is 10.0 Å². The molecule has 10 heteroatoms. The van der Waals surface area contributed by atoms with E-state index in [4.69, 9.17) is 23.2 Å². The van der Waals surface area contributed by atoms with Gasteiger partial charge in [0.15, 0.2) is 0 Å². The number of aryl methyl sites for hydroxylation is 2. The maximum atomic E-state index is 14.6. The molecule has 7 nitrogen and oxygen atoms in total. The SMILES string of the molecule is Cc1cc(C)cc(N(CC(=O)N(Cc2c(Cl)cccc2Cl)[C@@H](Cc2ccccc2)C(=O)NC(C)C)S(=O)(=O)c2ccccc2)c1. The quantitative estimate of drug-likeness (QED) is 0.177. The van der Waals surface area contributed by atoms with Gasteiger partial charge in [-0.15, -0.1) is 0 Å². The van der Waals surface area contributed by atoms with Gasteiger partial charge < -0.3 is 10.2 Å². The number of benzene rings is 4. The summed E-state index contributed by atoms with van der Waals surface area (Å²) in [4.78, 5) is 29.8. The Hall–Kier alpha value is -3.85. The van der Waals surface area contributed by atoms with Crippen molar-refractivity contribution in [3.63, 3.8) is 0 Å². The zero-order valence-electron chi connectivity index (χ0n) is 25.7. The Kier molecular flexibility index (Phi) is 11.3. The number of nitrogens with one attached hydrogen (secondary N) is 1. The standard InChI is InChI=1S/C35H37Cl2N3O4S/c1-24(2)38-35(42)33(21-27-12-7-5-8-13-27)39(22-30-31(36)16-11-17-32(30)37)34(41)23-40(28-19-25(3)18-26(4)20-28)45(43,44)29-14-9-6-10-15-29/h5-20,24,33H,21-23H2,1-4H3,(H,38,42)/t33-/m0/s1. The van der Waals surface area contributed by atoms with Gasteiger partial charge in [-0.05, 0) is 80.8 Å². The molecule has 4 aromatic carbocycles. The lowest BCUT2D eigenvalue weighted by Gasteiger charge is -2.34. The highest BCUT2D eigenvalue weighted by Crippen LogP contribution is 2.30. The van der Waals surface area contributed by atoms with E-state index >= 15 is 0 Å². The zero-order chi connectivity index (χ0) is 32.7. The van der Waals surface area contributed by atoms with E-state index in [-0.39, 0.29) is 29.8 Å². The van der Waals surface area contributed by atoms with Gasteiger partial charge in [0.1, 0.15) is 12.6 Å². The van der Waals surface area contributed by atoms with Crippen LogP contribution in [0.1, 0.15) is 36.1 Å². The van der Waals surface area contributed by atoms with Crippen molar-refractivity contribution >= 4 is 50.7 Å². The second-order valence-electron chi connectivity index (χ2n) is 11.3.